The summed E-state index contributed by atoms with van der Waals surface area (Å²) in [5, 5.41) is 3.16. The van der Waals surface area contributed by atoms with E-state index in [0.29, 0.717) is 10.7 Å². The summed E-state index contributed by atoms with van der Waals surface area (Å²) in [5.74, 6) is 0.0169. The fraction of sp³-hybridized carbons (Fsp3) is 0.182. The van der Waals surface area contributed by atoms with Gasteiger partial charge in [-0.2, -0.15) is 0 Å². The minimum absolute atomic E-state index is 0.0169. The average Bonchev–Trinajstić information content (AvgIpc) is 2.59. The summed E-state index contributed by atoms with van der Waals surface area (Å²) in [6.45, 7) is 2.89. The maximum absolute atomic E-state index is 12.0. The lowest BCUT2D eigenvalue weighted by atomic mass is 10.3. The van der Waals surface area contributed by atoms with Crippen molar-refractivity contribution < 1.29 is 9.09 Å². The van der Waals surface area contributed by atoms with Gasteiger partial charge < -0.3 is 4.52 Å². The van der Waals surface area contributed by atoms with Crippen LogP contribution in [0.4, 0.5) is 0 Å². The van der Waals surface area contributed by atoms with E-state index in [1.54, 1.807) is 24.3 Å². The van der Waals surface area contributed by atoms with Gasteiger partial charge in [0.25, 0.3) is 0 Å². The summed E-state index contributed by atoms with van der Waals surface area (Å²) in [6.07, 6.45) is 1.37. The number of nitrogens with one attached hydrogen (secondary N) is 1. The lowest BCUT2D eigenvalue weighted by Crippen LogP contribution is -2.16. The minimum Gasteiger partial charge on any atom is -0.436 e. The van der Waals surface area contributed by atoms with Crippen LogP contribution in [0.15, 0.2) is 35.3 Å². The lowest BCUT2D eigenvalue weighted by molar-refractivity contribution is 0.491. The van der Waals surface area contributed by atoms with Crippen LogP contribution < -0.4 is 10.1 Å². The van der Waals surface area contributed by atoms with Gasteiger partial charge in [0.1, 0.15) is 0 Å². The molecule has 18 heavy (non-hydrogen) atoms. The predicted molar refractivity (Wildman–Crippen MR) is 71.5 cm³/mol. The molecule has 0 bridgehead atoms. The number of hydrogen-bond donors (Lipinski definition) is 1. The first-order chi connectivity index (χ1) is 8.38. The summed E-state index contributed by atoms with van der Waals surface area (Å²) in [4.78, 5) is 12.0. The number of H-pyrrole nitrogens is 1. The number of benzene rings is 1. The van der Waals surface area contributed by atoms with Crippen LogP contribution in [0.5, 0.6) is 5.75 Å². The molecule has 2 aromatic rings. The van der Waals surface area contributed by atoms with Crippen LogP contribution in [-0.4, -0.2) is 23.1 Å². The summed E-state index contributed by atoms with van der Waals surface area (Å²) >= 11 is 6.00. The zero-order chi connectivity index (χ0) is 13.3. The molecule has 0 radical (unpaired) electrons. The Labute approximate surface area is 109 Å². The second kappa shape index (κ2) is 4.67. The van der Waals surface area contributed by atoms with Gasteiger partial charge in [-0.3, -0.25) is 14.5 Å². The molecular weight excluding hydrogens is 275 g/mol. The molecule has 1 aromatic heterocycles. The second-order valence-corrected chi connectivity index (χ2v) is 7.17. The fourth-order valence-electron chi connectivity index (χ4n) is 1.47. The number of para-hydroxylation sites is 1. The first-order valence-electron chi connectivity index (χ1n) is 5.18. The van der Waals surface area contributed by atoms with Gasteiger partial charge >= 0.3 is 5.56 Å². The van der Waals surface area contributed by atoms with Crippen LogP contribution in [0.25, 0.3) is 5.69 Å². The zero-order valence-electron chi connectivity index (χ0n) is 9.88. The van der Waals surface area contributed by atoms with Crippen LogP contribution in [0.1, 0.15) is 0 Å². The Bertz CT molecular complexity index is 671. The maximum atomic E-state index is 12.0. The Hall–Kier alpha value is -1.45. The first-order valence-corrected chi connectivity index (χ1v) is 8.08. The third-order valence-electron chi connectivity index (χ3n) is 2.15. The number of aromatic amines is 1. The van der Waals surface area contributed by atoms with E-state index in [0.717, 1.165) is 0 Å². The van der Waals surface area contributed by atoms with Crippen molar-refractivity contribution in [1.29, 1.82) is 0 Å². The van der Waals surface area contributed by atoms with Crippen LogP contribution >= 0.6 is 19.0 Å². The van der Waals surface area contributed by atoms with Crippen molar-refractivity contribution in [2.24, 2.45) is 0 Å². The molecule has 0 unspecified atom stereocenters. The van der Waals surface area contributed by atoms with E-state index in [-0.39, 0.29) is 5.75 Å². The topological polar surface area (TPSA) is 64.1 Å². The van der Waals surface area contributed by atoms with Crippen molar-refractivity contribution >= 4 is 19.0 Å². The highest BCUT2D eigenvalue weighted by molar-refractivity contribution is 7.57. The molecule has 0 saturated heterocycles. The van der Waals surface area contributed by atoms with Crippen molar-refractivity contribution in [2.75, 3.05) is 13.3 Å². The second-order valence-electron chi connectivity index (χ2n) is 4.07. The van der Waals surface area contributed by atoms with Gasteiger partial charge in [0, 0.05) is 13.3 Å². The predicted octanol–water partition coefficient (Wildman–Crippen LogP) is 2.74. The van der Waals surface area contributed by atoms with Crippen molar-refractivity contribution in [3.8, 4) is 11.4 Å². The normalized spacial score (nSPS) is 11.5. The number of aromatic nitrogens is 2. The SMILES string of the molecule is CP(C)(=O)Oc1c[nH]n(-c2ccccc2Cl)c1=O. The zero-order valence-corrected chi connectivity index (χ0v) is 11.5. The standard InChI is InChI=1S/C11H12ClN2O3P/c1-18(2,16)17-10-7-13-14(11(10)15)9-6-4-3-5-8(9)12/h3-7,13H,1-2H3. The van der Waals surface area contributed by atoms with Gasteiger partial charge in [-0.05, 0) is 12.1 Å². The molecule has 96 valence electrons. The van der Waals surface area contributed by atoms with Gasteiger partial charge in [-0.25, -0.2) is 4.68 Å². The van der Waals surface area contributed by atoms with Crippen molar-refractivity contribution in [1.82, 2.24) is 9.78 Å². The van der Waals surface area contributed by atoms with Crippen molar-refractivity contribution in [3.05, 3.63) is 45.8 Å². The molecule has 0 atom stereocenters. The van der Waals surface area contributed by atoms with Crippen LogP contribution in [0.2, 0.25) is 5.02 Å². The van der Waals surface area contributed by atoms with E-state index < -0.39 is 12.9 Å². The van der Waals surface area contributed by atoms with E-state index in [1.165, 1.54) is 24.2 Å². The summed E-state index contributed by atoms with van der Waals surface area (Å²) < 4.78 is 17.9. The maximum Gasteiger partial charge on any atom is 0.314 e. The Morgan fingerprint density at radius 2 is 2.00 bits per heavy atom. The van der Waals surface area contributed by atoms with E-state index >= 15 is 0 Å². The molecular formula is C11H12ClN2O3P. The number of halogens is 1. The van der Waals surface area contributed by atoms with Crippen molar-refractivity contribution in [2.45, 2.75) is 0 Å². The van der Waals surface area contributed by atoms with Crippen LogP contribution in [0, 0.1) is 0 Å². The monoisotopic (exact) mass is 286 g/mol. The minimum atomic E-state index is -2.77. The summed E-state index contributed by atoms with van der Waals surface area (Å²) in [6, 6.07) is 6.90. The molecule has 0 amide bonds. The smallest absolute Gasteiger partial charge is 0.314 e. The molecule has 1 aromatic carbocycles. The average molecular weight is 287 g/mol. The summed E-state index contributed by atoms with van der Waals surface area (Å²) in [7, 11) is -2.77. The van der Waals surface area contributed by atoms with Gasteiger partial charge in [0.2, 0.25) is 13.1 Å². The van der Waals surface area contributed by atoms with Crippen LogP contribution in [-0.2, 0) is 4.57 Å². The Balaban J connectivity index is 2.47. The Morgan fingerprint density at radius 3 is 2.61 bits per heavy atom. The highest BCUT2D eigenvalue weighted by atomic mass is 35.5. The molecule has 2 rings (SSSR count). The van der Waals surface area contributed by atoms with E-state index in [1.807, 2.05) is 0 Å². The highest BCUT2D eigenvalue weighted by Crippen LogP contribution is 2.37. The summed E-state index contributed by atoms with van der Waals surface area (Å²) in [5.41, 5.74) is 0.0908. The van der Waals surface area contributed by atoms with Crippen molar-refractivity contribution in [3.63, 3.8) is 0 Å². The lowest BCUT2D eigenvalue weighted by Gasteiger charge is -2.06. The first kappa shape index (κ1) is 13.0. The van der Waals surface area contributed by atoms with Crippen LogP contribution in [0.3, 0.4) is 0 Å². The molecule has 0 fully saturated rings. The molecule has 0 aliphatic rings. The molecule has 7 heteroatoms. The molecule has 0 aliphatic heterocycles. The molecule has 0 saturated carbocycles. The third-order valence-corrected chi connectivity index (χ3v) is 3.11. The van der Waals surface area contributed by atoms with E-state index in [2.05, 4.69) is 5.10 Å². The number of nitrogens with zero attached hydrogens (tertiary/aromatic N) is 1. The molecule has 1 N–H and O–H groups in total. The number of hydrogen-bond acceptors (Lipinski definition) is 3. The molecule has 1 heterocycles. The number of rotatable bonds is 3. The van der Waals surface area contributed by atoms with E-state index in [4.69, 9.17) is 16.1 Å². The molecule has 5 nitrogen and oxygen atoms in total. The van der Waals surface area contributed by atoms with E-state index in [9.17, 15) is 9.36 Å². The fourth-order valence-corrected chi connectivity index (χ4v) is 2.29. The Kier molecular flexibility index (Phi) is 3.37. The van der Waals surface area contributed by atoms with Gasteiger partial charge in [0.15, 0.2) is 0 Å². The highest BCUT2D eigenvalue weighted by Gasteiger charge is 2.16. The third kappa shape index (κ3) is 2.68. The van der Waals surface area contributed by atoms with Gasteiger partial charge in [0.05, 0.1) is 16.9 Å². The molecule has 0 aliphatic carbocycles. The quantitative estimate of drug-likeness (QED) is 0.882. The Morgan fingerprint density at radius 1 is 1.33 bits per heavy atom. The van der Waals surface area contributed by atoms with Gasteiger partial charge in [-0.15, -0.1) is 0 Å². The molecule has 0 spiro atoms. The largest absolute Gasteiger partial charge is 0.436 e. The van der Waals surface area contributed by atoms with Gasteiger partial charge in [-0.1, -0.05) is 23.7 Å².